The van der Waals surface area contributed by atoms with Crippen LogP contribution in [0, 0.1) is 0 Å². The van der Waals surface area contributed by atoms with Gasteiger partial charge in [0.15, 0.2) is 0 Å². The van der Waals surface area contributed by atoms with E-state index in [1.165, 1.54) is 0 Å². The molecule has 3 nitrogen and oxygen atoms in total. The lowest BCUT2D eigenvalue weighted by molar-refractivity contribution is -0.144. The molecular formula is C16H21NO2. The number of hydrogen-bond acceptors (Lipinski definition) is 2. The molecule has 2 rings (SSSR count). The highest BCUT2D eigenvalue weighted by Gasteiger charge is 2.35. The molecule has 1 fully saturated rings. The Hall–Kier alpha value is -1.77. The van der Waals surface area contributed by atoms with Gasteiger partial charge in [-0.15, -0.1) is 0 Å². The second-order valence-electron chi connectivity index (χ2n) is 5.03. The maximum Gasteiger partial charge on any atom is 0.225 e. The van der Waals surface area contributed by atoms with Crippen LogP contribution >= 0.6 is 0 Å². The van der Waals surface area contributed by atoms with Crippen molar-refractivity contribution in [3.63, 3.8) is 0 Å². The SMILES string of the molecule is C=CC(C)(Oc1ccccc1)N1CCCCCC1=O. The molecule has 19 heavy (non-hydrogen) atoms. The zero-order valence-corrected chi connectivity index (χ0v) is 11.5. The maximum atomic E-state index is 12.2. The van der Waals surface area contributed by atoms with Crippen LogP contribution < -0.4 is 4.74 Å². The topological polar surface area (TPSA) is 29.5 Å². The Kier molecular flexibility index (Phi) is 4.25. The van der Waals surface area contributed by atoms with Crippen molar-refractivity contribution in [3.8, 4) is 5.75 Å². The zero-order chi connectivity index (χ0) is 13.7. The molecule has 1 unspecified atom stereocenters. The van der Waals surface area contributed by atoms with Gasteiger partial charge in [0, 0.05) is 13.0 Å². The standard InChI is InChI=1S/C16H21NO2/c1-3-16(2,19-14-10-6-4-7-11-14)17-13-9-5-8-12-15(17)18/h3-4,6-7,10-11H,1,5,8-9,12-13H2,2H3. The van der Waals surface area contributed by atoms with E-state index in [9.17, 15) is 4.79 Å². The minimum atomic E-state index is -0.775. The van der Waals surface area contributed by atoms with Crippen molar-refractivity contribution in [3.05, 3.63) is 43.0 Å². The van der Waals surface area contributed by atoms with E-state index in [2.05, 4.69) is 6.58 Å². The fourth-order valence-corrected chi connectivity index (χ4v) is 2.39. The van der Waals surface area contributed by atoms with Crippen molar-refractivity contribution < 1.29 is 9.53 Å². The Morgan fingerprint density at radius 2 is 2.00 bits per heavy atom. The summed E-state index contributed by atoms with van der Waals surface area (Å²) in [5, 5.41) is 0. The van der Waals surface area contributed by atoms with Crippen molar-refractivity contribution >= 4 is 5.91 Å². The van der Waals surface area contributed by atoms with Gasteiger partial charge in [-0.05, 0) is 38.0 Å². The van der Waals surface area contributed by atoms with Crippen LogP contribution in [0.15, 0.2) is 43.0 Å². The summed E-state index contributed by atoms with van der Waals surface area (Å²) in [6.07, 6.45) is 5.40. The Morgan fingerprint density at radius 3 is 2.68 bits per heavy atom. The molecule has 1 heterocycles. The van der Waals surface area contributed by atoms with Crippen LogP contribution in [0.3, 0.4) is 0 Å². The van der Waals surface area contributed by atoms with Crippen LogP contribution in [-0.4, -0.2) is 23.1 Å². The monoisotopic (exact) mass is 259 g/mol. The van der Waals surface area contributed by atoms with Gasteiger partial charge in [0.2, 0.25) is 11.6 Å². The molecule has 1 aliphatic heterocycles. The number of likely N-dealkylation sites (tertiary alicyclic amines) is 1. The van der Waals surface area contributed by atoms with E-state index in [1.54, 1.807) is 11.0 Å². The van der Waals surface area contributed by atoms with Gasteiger partial charge in [0.05, 0.1) is 0 Å². The third kappa shape index (κ3) is 3.16. The van der Waals surface area contributed by atoms with E-state index in [1.807, 2.05) is 37.3 Å². The lowest BCUT2D eigenvalue weighted by atomic mass is 10.2. The first-order valence-electron chi connectivity index (χ1n) is 6.84. The number of nitrogens with zero attached hydrogens (tertiary/aromatic N) is 1. The van der Waals surface area contributed by atoms with Gasteiger partial charge >= 0.3 is 0 Å². The average molecular weight is 259 g/mol. The average Bonchev–Trinajstić information content (AvgIpc) is 2.65. The maximum absolute atomic E-state index is 12.2. The van der Waals surface area contributed by atoms with Crippen LogP contribution in [0.2, 0.25) is 0 Å². The number of para-hydroxylation sites is 1. The highest BCUT2D eigenvalue weighted by atomic mass is 16.5. The summed E-state index contributed by atoms with van der Waals surface area (Å²) < 4.78 is 6.00. The summed E-state index contributed by atoms with van der Waals surface area (Å²) in [5.74, 6) is 0.901. The van der Waals surface area contributed by atoms with Crippen molar-refractivity contribution in [1.82, 2.24) is 4.90 Å². The van der Waals surface area contributed by atoms with Gasteiger partial charge in [-0.3, -0.25) is 4.79 Å². The van der Waals surface area contributed by atoms with E-state index in [0.29, 0.717) is 6.42 Å². The Bertz CT molecular complexity index is 443. The van der Waals surface area contributed by atoms with E-state index in [-0.39, 0.29) is 5.91 Å². The minimum Gasteiger partial charge on any atom is -0.465 e. The van der Waals surface area contributed by atoms with E-state index in [0.717, 1.165) is 31.6 Å². The van der Waals surface area contributed by atoms with Crippen molar-refractivity contribution in [2.24, 2.45) is 0 Å². The molecule has 1 aromatic rings. The molecule has 0 saturated carbocycles. The molecule has 3 heteroatoms. The second-order valence-corrected chi connectivity index (χ2v) is 5.03. The molecule has 1 atom stereocenters. The number of ether oxygens (including phenoxy) is 1. The first-order chi connectivity index (χ1) is 9.15. The van der Waals surface area contributed by atoms with Gasteiger partial charge < -0.3 is 9.64 Å². The van der Waals surface area contributed by atoms with Gasteiger partial charge in [-0.25, -0.2) is 0 Å². The predicted molar refractivity (Wildman–Crippen MR) is 75.9 cm³/mol. The van der Waals surface area contributed by atoms with Crippen LogP contribution in [0.1, 0.15) is 32.6 Å². The lowest BCUT2D eigenvalue weighted by Gasteiger charge is -2.38. The van der Waals surface area contributed by atoms with Crippen LogP contribution in [0.25, 0.3) is 0 Å². The number of hydrogen-bond donors (Lipinski definition) is 0. The zero-order valence-electron chi connectivity index (χ0n) is 11.5. The summed E-state index contributed by atoms with van der Waals surface area (Å²) in [7, 11) is 0. The number of benzene rings is 1. The van der Waals surface area contributed by atoms with E-state index >= 15 is 0 Å². The Balaban J connectivity index is 2.20. The normalized spacial score (nSPS) is 19.4. The predicted octanol–water partition coefficient (Wildman–Crippen LogP) is 3.37. The van der Waals surface area contributed by atoms with Crippen LogP contribution in [0.4, 0.5) is 0 Å². The summed E-state index contributed by atoms with van der Waals surface area (Å²) >= 11 is 0. The third-order valence-electron chi connectivity index (χ3n) is 3.56. The van der Waals surface area contributed by atoms with E-state index in [4.69, 9.17) is 4.74 Å². The van der Waals surface area contributed by atoms with Crippen molar-refractivity contribution in [2.75, 3.05) is 6.54 Å². The highest BCUT2D eigenvalue weighted by molar-refractivity contribution is 5.77. The van der Waals surface area contributed by atoms with Gasteiger partial charge in [0.1, 0.15) is 5.75 Å². The van der Waals surface area contributed by atoms with Crippen LogP contribution in [-0.2, 0) is 4.79 Å². The molecule has 1 amide bonds. The molecule has 1 saturated heterocycles. The van der Waals surface area contributed by atoms with E-state index < -0.39 is 5.72 Å². The number of carbonyl (C=O) groups excluding carboxylic acids is 1. The molecule has 0 spiro atoms. The molecular weight excluding hydrogens is 238 g/mol. The van der Waals surface area contributed by atoms with Crippen LogP contribution in [0.5, 0.6) is 5.75 Å². The fourth-order valence-electron chi connectivity index (χ4n) is 2.39. The molecule has 0 aromatic heterocycles. The molecule has 0 radical (unpaired) electrons. The quantitative estimate of drug-likeness (QED) is 0.776. The highest BCUT2D eigenvalue weighted by Crippen LogP contribution is 2.26. The molecule has 0 bridgehead atoms. The first-order valence-corrected chi connectivity index (χ1v) is 6.84. The lowest BCUT2D eigenvalue weighted by Crippen LogP contribution is -2.52. The smallest absolute Gasteiger partial charge is 0.225 e. The number of amides is 1. The molecule has 102 valence electrons. The summed E-state index contributed by atoms with van der Waals surface area (Å²) in [5.41, 5.74) is -0.775. The molecule has 0 aliphatic carbocycles. The summed E-state index contributed by atoms with van der Waals surface area (Å²) in [4.78, 5) is 14.0. The number of rotatable bonds is 4. The second kappa shape index (κ2) is 5.91. The first kappa shape index (κ1) is 13.7. The fraction of sp³-hybridized carbons (Fsp3) is 0.438. The minimum absolute atomic E-state index is 0.149. The molecule has 1 aromatic carbocycles. The Labute approximate surface area is 114 Å². The van der Waals surface area contributed by atoms with Crippen molar-refractivity contribution in [2.45, 2.75) is 38.3 Å². The Morgan fingerprint density at radius 1 is 1.26 bits per heavy atom. The van der Waals surface area contributed by atoms with Crippen molar-refractivity contribution in [1.29, 1.82) is 0 Å². The largest absolute Gasteiger partial charge is 0.465 e. The summed E-state index contributed by atoms with van der Waals surface area (Å²) in [6.45, 7) is 6.48. The number of carbonyl (C=O) groups is 1. The van der Waals surface area contributed by atoms with Gasteiger partial charge in [-0.2, -0.15) is 0 Å². The van der Waals surface area contributed by atoms with Gasteiger partial charge in [-0.1, -0.05) is 31.2 Å². The third-order valence-corrected chi connectivity index (χ3v) is 3.56. The summed E-state index contributed by atoms with van der Waals surface area (Å²) in [6, 6.07) is 9.56. The molecule has 1 aliphatic rings. The molecule has 0 N–H and O–H groups in total. The van der Waals surface area contributed by atoms with Gasteiger partial charge in [0.25, 0.3) is 0 Å².